The van der Waals surface area contributed by atoms with Gasteiger partial charge < -0.3 is 14.5 Å². The molecule has 0 fully saturated rings. The summed E-state index contributed by atoms with van der Waals surface area (Å²) in [5.74, 6) is -1.51. The second kappa shape index (κ2) is 7.05. The van der Waals surface area contributed by atoms with Gasteiger partial charge in [-0.1, -0.05) is 11.6 Å². The van der Waals surface area contributed by atoms with Gasteiger partial charge in [0.05, 0.1) is 15.5 Å². The third-order valence-electron chi connectivity index (χ3n) is 2.35. The van der Waals surface area contributed by atoms with Gasteiger partial charge in [-0.05, 0) is 24.3 Å². The minimum atomic E-state index is -0.717. The number of ketones is 1. The van der Waals surface area contributed by atoms with Crippen LogP contribution in [0.5, 0.6) is 0 Å². The van der Waals surface area contributed by atoms with E-state index >= 15 is 0 Å². The number of esters is 1. The van der Waals surface area contributed by atoms with E-state index in [1.165, 1.54) is 12.3 Å². The molecule has 8 heteroatoms. The summed E-state index contributed by atoms with van der Waals surface area (Å²) < 4.78 is 10.1. The Labute approximate surface area is 128 Å². The smallest absolute Gasteiger partial charge is 0.325 e. The number of carbonyl (C=O) groups excluding carboxylic acids is 3. The molecule has 0 aromatic carbocycles. The van der Waals surface area contributed by atoms with E-state index in [1.54, 1.807) is 18.2 Å². The van der Waals surface area contributed by atoms with Gasteiger partial charge in [0, 0.05) is 0 Å². The number of carbonyl (C=O) groups is 3. The highest BCUT2D eigenvalue weighted by Crippen LogP contribution is 2.21. The van der Waals surface area contributed by atoms with Crippen molar-refractivity contribution in [2.45, 2.75) is 0 Å². The SMILES string of the molecule is O=C(CNC(=O)c1ccco1)OCC(=O)c1ccc(Cl)s1. The van der Waals surface area contributed by atoms with E-state index in [-0.39, 0.29) is 18.1 Å². The van der Waals surface area contributed by atoms with Crippen LogP contribution in [0, 0.1) is 0 Å². The first kappa shape index (κ1) is 15.3. The Morgan fingerprint density at radius 1 is 1.29 bits per heavy atom. The average Bonchev–Trinajstić information content (AvgIpc) is 3.13. The summed E-state index contributed by atoms with van der Waals surface area (Å²) in [6.45, 7) is -0.746. The van der Waals surface area contributed by atoms with Crippen LogP contribution in [0.2, 0.25) is 4.34 Å². The van der Waals surface area contributed by atoms with Crippen molar-refractivity contribution in [3.05, 3.63) is 45.5 Å². The number of nitrogens with one attached hydrogen (secondary N) is 1. The normalized spacial score (nSPS) is 10.1. The van der Waals surface area contributed by atoms with Gasteiger partial charge in [0.2, 0.25) is 5.78 Å². The van der Waals surface area contributed by atoms with E-state index in [1.807, 2.05) is 0 Å². The lowest BCUT2D eigenvalue weighted by molar-refractivity contribution is -0.141. The van der Waals surface area contributed by atoms with Gasteiger partial charge in [-0.25, -0.2) is 0 Å². The Bertz CT molecular complexity index is 649. The molecule has 0 aliphatic rings. The van der Waals surface area contributed by atoms with Crippen molar-refractivity contribution in [3.63, 3.8) is 0 Å². The first-order valence-electron chi connectivity index (χ1n) is 5.82. The molecule has 1 N–H and O–H groups in total. The lowest BCUT2D eigenvalue weighted by Crippen LogP contribution is -2.31. The second-order valence-corrected chi connectivity index (χ2v) is 5.56. The van der Waals surface area contributed by atoms with Crippen LogP contribution >= 0.6 is 22.9 Å². The van der Waals surface area contributed by atoms with Gasteiger partial charge >= 0.3 is 5.97 Å². The number of amides is 1. The highest BCUT2D eigenvalue weighted by Gasteiger charge is 2.14. The van der Waals surface area contributed by atoms with Crippen molar-refractivity contribution in [1.82, 2.24) is 5.32 Å². The number of furan rings is 1. The predicted molar refractivity (Wildman–Crippen MR) is 75.7 cm³/mol. The van der Waals surface area contributed by atoms with Crippen LogP contribution in [0.25, 0.3) is 0 Å². The molecular weight excluding hydrogens is 318 g/mol. The number of thiophene rings is 1. The summed E-state index contributed by atoms with van der Waals surface area (Å²) in [5.41, 5.74) is 0. The third-order valence-corrected chi connectivity index (χ3v) is 3.62. The average molecular weight is 328 g/mol. The van der Waals surface area contributed by atoms with Gasteiger partial charge in [-0.2, -0.15) is 0 Å². The topological polar surface area (TPSA) is 85.6 Å². The number of ether oxygens (including phenoxy) is 1. The van der Waals surface area contributed by atoms with Crippen LogP contribution in [0.3, 0.4) is 0 Å². The molecule has 0 radical (unpaired) electrons. The van der Waals surface area contributed by atoms with Gasteiger partial charge in [-0.15, -0.1) is 11.3 Å². The zero-order chi connectivity index (χ0) is 15.2. The number of hydrogen-bond acceptors (Lipinski definition) is 6. The molecule has 6 nitrogen and oxygen atoms in total. The Balaban J connectivity index is 1.72. The van der Waals surface area contributed by atoms with Gasteiger partial charge in [0.1, 0.15) is 6.54 Å². The third kappa shape index (κ3) is 4.44. The first-order valence-corrected chi connectivity index (χ1v) is 7.01. The number of rotatable bonds is 6. The van der Waals surface area contributed by atoms with Crippen LogP contribution in [0.15, 0.2) is 34.9 Å². The highest BCUT2D eigenvalue weighted by molar-refractivity contribution is 7.18. The van der Waals surface area contributed by atoms with E-state index in [0.29, 0.717) is 9.21 Å². The summed E-state index contributed by atoms with van der Waals surface area (Å²) in [4.78, 5) is 35.0. The molecule has 0 saturated heterocycles. The van der Waals surface area contributed by atoms with Crippen LogP contribution in [0.4, 0.5) is 0 Å². The fourth-order valence-corrected chi connectivity index (χ4v) is 2.35. The van der Waals surface area contributed by atoms with Crippen molar-refractivity contribution < 1.29 is 23.5 Å². The molecule has 2 aromatic heterocycles. The maximum Gasteiger partial charge on any atom is 0.325 e. The molecule has 0 bridgehead atoms. The fourth-order valence-electron chi connectivity index (χ4n) is 1.38. The van der Waals surface area contributed by atoms with Crippen molar-refractivity contribution in [2.75, 3.05) is 13.2 Å². The molecule has 110 valence electrons. The van der Waals surface area contributed by atoms with Crippen molar-refractivity contribution >= 4 is 40.6 Å². The molecule has 0 atom stereocenters. The monoisotopic (exact) mass is 327 g/mol. The van der Waals surface area contributed by atoms with Crippen molar-refractivity contribution in [3.8, 4) is 0 Å². The van der Waals surface area contributed by atoms with Gasteiger partial charge in [0.15, 0.2) is 12.4 Å². The summed E-state index contributed by atoms with van der Waals surface area (Å²) in [6, 6.07) is 6.16. The maximum absolute atomic E-state index is 11.7. The second-order valence-electron chi connectivity index (χ2n) is 3.85. The predicted octanol–water partition coefficient (Wildman–Crippen LogP) is 2.15. The minimum Gasteiger partial charge on any atom is -0.459 e. The van der Waals surface area contributed by atoms with Gasteiger partial charge in [-0.3, -0.25) is 14.4 Å². The van der Waals surface area contributed by atoms with Crippen LogP contribution in [-0.2, 0) is 9.53 Å². The highest BCUT2D eigenvalue weighted by atomic mass is 35.5. The molecule has 0 spiro atoms. The molecule has 0 saturated carbocycles. The fraction of sp³-hybridized carbons (Fsp3) is 0.154. The summed E-state index contributed by atoms with van der Waals surface area (Å²) >= 11 is 6.81. The Hall–Kier alpha value is -2.12. The largest absolute Gasteiger partial charge is 0.459 e. The zero-order valence-electron chi connectivity index (χ0n) is 10.6. The summed E-state index contributed by atoms with van der Waals surface area (Å²) in [7, 11) is 0. The van der Waals surface area contributed by atoms with E-state index in [2.05, 4.69) is 5.32 Å². The molecule has 0 aliphatic carbocycles. The molecule has 0 aliphatic heterocycles. The lowest BCUT2D eigenvalue weighted by atomic mass is 10.3. The zero-order valence-corrected chi connectivity index (χ0v) is 12.2. The Morgan fingerprint density at radius 3 is 2.71 bits per heavy atom. The van der Waals surface area contributed by atoms with Crippen LogP contribution < -0.4 is 5.32 Å². The lowest BCUT2D eigenvalue weighted by Gasteiger charge is -2.04. The molecule has 2 aromatic rings. The molecule has 2 heterocycles. The molecular formula is C13H10ClNO5S. The van der Waals surface area contributed by atoms with E-state index in [9.17, 15) is 14.4 Å². The first-order chi connectivity index (χ1) is 10.1. The number of halogens is 1. The van der Waals surface area contributed by atoms with E-state index < -0.39 is 18.5 Å². The quantitative estimate of drug-likeness (QED) is 0.649. The van der Waals surface area contributed by atoms with E-state index in [4.69, 9.17) is 20.8 Å². The van der Waals surface area contributed by atoms with E-state index in [0.717, 1.165) is 11.3 Å². The van der Waals surface area contributed by atoms with Crippen molar-refractivity contribution in [1.29, 1.82) is 0 Å². The molecule has 1 amide bonds. The van der Waals surface area contributed by atoms with Crippen LogP contribution in [-0.4, -0.2) is 30.8 Å². The molecule has 0 unspecified atom stereocenters. The number of Topliss-reactive ketones (excluding diaryl/α,β-unsaturated/α-hetero) is 1. The van der Waals surface area contributed by atoms with Crippen molar-refractivity contribution in [2.24, 2.45) is 0 Å². The van der Waals surface area contributed by atoms with Gasteiger partial charge in [0.25, 0.3) is 5.91 Å². The standard InChI is InChI=1S/C13H10ClNO5S/c14-11-4-3-10(21-11)8(16)7-20-12(17)6-15-13(18)9-2-1-5-19-9/h1-5H,6-7H2,(H,15,18). The maximum atomic E-state index is 11.7. The summed E-state index contributed by atoms with van der Waals surface area (Å²) in [6.07, 6.45) is 1.35. The number of hydrogen-bond donors (Lipinski definition) is 1. The summed E-state index contributed by atoms with van der Waals surface area (Å²) in [5, 5.41) is 2.32. The van der Waals surface area contributed by atoms with Crippen LogP contribution in [0.1, 0.15) is 20.2 Å². The Kier molecular flexibility index (Phi) is 5.13. The Morgan fingerprint density at radius 2 is 2.10 bits per heavy atom. The molecule has 2 rings (SSSR count). The molecule has 21 heavy (non-hydrogen) atoms. The minimum absolute atomic E-state index is 0.0899.